The lowest BCUT2D eigenvalue weighted by Crippen LogP contribution is -2.37. The van der Waals surface area contributed by atoms with Crippen LogP contribution in [0.4, 0.5) is 8.68 Å². The second kappa shape index (κ2) is 5.87. The molecule has 22 heavy (non-hydrogen) atoms. The predicted octanol–water partition coefficient (Wildman–Crippen LogP) is 2.48. The molecule has 2 heterocycles. The number of hydrogen-bond acceptors (Lipinski definition) is 4. The van der Waals surface area contributed by atoms with Gasteiger partial charge in [-0.2, -0.15) is 8.42 Å². The molecule has 0 N–H and O–H groups in total. The second-order valence-corrected chi connectivity index (χ2v) is 7.36. The molecule has 2 aliphatic heterocycles. The van der Waals surface area contributed by atoms with Crippen molar-refractivity contribution in [1.82, 2.24) is 4.90 Å². The quantitative estimate of drug-likeness (QED) is 0.797. The molecule has 0 aliphatic carbocycles. The zero-order valence-electron chi connectivity index (χ0n) is 12.0. The van der Waals surface area contributed by atoms with E-state index in [1.54, 1.807) is 4.90 Å². The summed E-state index contributed by atoms with van der Waals surface area (Å²) in [5, 5.41) is 0. The number of halogens is 1. The summed E-state index contributed by atoms with van der Waals surface area (Å²) < 4.78 is 39.9. The van der Waals surface area contributed by atoms with E-state index < -0.39 is 22.1 Å². The highest BCUT2D eigenvalue weighted by atomic mass is 32.3. The van der Waals surface area contributed by atoms with Gasteiger partial charge in [-0.15, -0.1) is 3.89 Å². The van der Waals surface area contributed by atoms with Crippen molar-refractivity contribution in [1.29, 1.82) is 0 Å². The Morgan fingerprint density at radius 2 is 2.00 bits per heavy atom. The summed E-state index contributed by atoms with van der Waals surface area (Å²) >= 11 is 0. The van der Waals surface area contributed by atoms with Crippen molar-refractivity contribution in [3.05, 3.63) is 35.9 Å². The lowest BCUT2D eigenvalue weighted by Gasteiger charge is -2.23. The maximum Gasteiger partial charge on any atom is 0.410 e. The topological polar surface area (TPSA) is 63.7 Å². The number of amides is 1. The molecule has 0 aromatic heterocycles. The summed E-state index contributed by atoms with van der Waals surface area (Å²) in [5.41, 5.74) is 0.894. The maximum atomic E-state index is 12.9. The van der Waals surface area contributed by atoms with Gasteiger partial charge >= 0.3 is 16.3 Å². The van der Waals surface area contributed by atoms with E-state index in [4.69, 9.17) is 4.74 Å². The van der Waals surface area contributed by atoms with Crippen LogP contribution in [0.3, 0.4) is 0 Å². The molecular weight excluding hydrogens is 309 g/mol. The van der Waals surface area contributed by atoms with Crippen LogP contribution in [0.15, 0.2) is 30.3 Å². The Morgan fingerprint density at radius 1 is 1.27 bits per heavy atom. The van der Waals surface area contributed by atoms with Crippen LogP contribution in [0.2, 0.25) is 0 Å². The average molecular weight is 327 g/mol. The molecule has 0 spiro atoms. The van der Waals surface area contributed by atoms with Crippen LogP contribution in [-0.2, 0) is 21.6 Å². The van der Waals surface area contributed by atoms with E-state index in [1.165, 1.54) is 0 Å². The van der Waals surface area contributed by atoms with E-state index in [9.17, 15) is 17.1 Å². The van der Waals surface area contributed by atoms with E-state index in [2.05, 4.69) is 0 Å². The van der Waals surface area contributed by atoms with Crippen LogP contribution < -0.4 is 0 Å². The molecule has 7 heteroatoms. The van der Waals surface area contributed by atoms with E-state index in [0.717, 1.165) is 12.0 Å². The molecule has 2 saturated heterocycles. The number of benzene rings is 1. The van der Waals surface area contributed by atoms with Crippen LogP contribution in [0.1, 0.15) is 24.8 Å². The number of carbonyl (C=O) groups excluding carboxylic acids is 1. The van der Waals surface area contributed by atoms with Gasteiger partial charge < -0.3 is 9.64 Å². The molecule has 120 valence electrons. The molecule has 1 aromatic carbocycles. The van der Waals surface area contributed by atoms with Gasteiger partial charge in [0.15, 0.2) is 0 Å². The highest BCUT2D eigenvalue weighted by molar-refractivity contribution is 7.86. The highest BCUT2D eigenvalue weighted by Crippen LogP contribution is 2.42. The van der Waals surface area contributed by atoms with E-state index in [-0.39, 0.29) is 24.6 Å². The molecule has 0 saturated carbocycles. The average Bonchev–Trinajstić information content (AvgIpc) is 3.01. The summed E-state index contributed by atoms with van der Waals surface area (Å²) in [6.45, 7) is 0.182. The minimum absolute atomic E-state index is 0.0278. The molecule has 2 aliphatic rings. The van der Waals surface area contributed by atoms with Gasteiger partial charge in [0, 0.05) is 12.1 Å². The molecule has 5 nitrogen and oxygen atoms in total. The first-order chi connectivity index (χ1) is 10.4. The largest absolute Gasteiger partial charge is 0.445 e. The zero-order valence-corrected chi connectivity index (χ0v) is 12.8. The van der Waals surface area contributed by atoms with Crippen molar-refractivity contribution >= 4 is 16.3 Å². The van der Waals surface area contributed by atoms with Crippen molar-refractivity contribution in [2.45, 2.75) is 38.0 Å². The van der Waals surface area contributed by atoms with Crippen LogP contribution in [0.5, 0.6) is 0 Å². The van der Waals surface area contributed by atoms with Crippen molar-refractivity contribution in [2.24, 2.45) is 5.92 Å². The fraction of sp³-hybridized carbons (Fsp3) is 0.533. The summed E-state index contributed by atoms with van der Waals surface area (Å²) in [5.74, 6) is -0.825. The normalized spacial score (nSPS) is 27.1. The lowest BCUT2D eigenvalue weighted by molar-refractivity contribution is 0.0890. The van der Waals surface area contributed by atoms with Gasteiger partial charge in [-0.3, -0.25) is 0 Å². The lowest BCUT2D eigenvalue weighted by atomic mass is 9.91. The standard InChI is InChI=1S/C15H18FNO4S/c16-22(19,20)10-12-8-13-6-7-14(12)17(13)15(18)21-9-11-4-2-1-3-5-11/h1-5,12-14H,6-10H2. The summed E-state index contributed by atoms with van der Waals surface area (Å²) in [6, 6.07) is 9.09. The molecule has 1 aromatic rings. The van der Waals surface area contributed by atoms with Crippen LogP contribution >= 0.6 is 0 Å². The summed E-state index contributed by atoms with van der Waals surface area (Å²) in [4.78, 5) is 13.9. The number of ether oxygens (including phenoxy) is 1. The molecule has 0 radical (unpaired) electrons. The van der Waals surface area contributed by atoms with E-state index >= 15 is 0 Å². The van der Waals surface area contributed by atoms with Crippen LogP contribution in [0, 0.1) is 5.92 Å². The van der Waals surface area contributed by atoms with Gasteiger partial charge in [0.2, 0.25) is 0 Å². The van der Waals surface area contributed by atoms with E-state index in [0.29, 0.717) is 12.8 Å². The van der Waals surface area contributed by atoms with Crippen molar-refractivity contribution in [3.63, 3.8) is 0 Å². The Hall–Kier alpha value is -1.63. The number of carbonyl (C=O) groups is 1. The molecule has 2 bridgehead atoms. The third kappa shape index (κ3) is 3.24. The van der Waals surface area contributed by atoms with Crippen LogP contribution in [0.25, 0.3) is 0 Å². The van der Waals surface area contributed by atoms with E-state index in [1.807, 2.05) is 30.3 Å². The van der Waals surface area contributed by atoms with Gasteiger partial charge in [-0.1, -0.05) is 30.3 Å². The minimum atomic E-state index is -4.51. The fourth-order valence-corrected chi connectivity index (χ4v) is 4.50. The number of rotatable bonds is 4. The first-order valence-corrected chi connectivity index (χ1v) is 8.90. The SMILES string of the molecule is O=C(OCc1ccccc1)N1C2CCC1C(CS(=O)(=O)F)C2. The molecule has 3 atom stereocenters. The first kappa shape index (κ1) is 15.3. The van der Waals surface area contributed by atoms with Gasteiger partial charge in [-0.25, -0.2) is 4.79 Å². The van der Waals surface area contributed by atoms with Gasteiger partial charge in [0.1, 0.15) is 6.61 Å². The Bertz CT molecular complexity index is 649. The first-order valence-electron chi connectivity index (χ1n) is 7.35. The number of fused-ring (bicyclic) bond motifs is 2. The Morgan fingerprint density at radius 3 is 2.68 bits per heavy atom. The Kier molecular flexibility index (Phi) is 4.08. The third-order valence-electron chi connectivity index (χ3n) is 4.49. The summed E-state index contributed by atoms with van der Waals surface area (Å²) in [7, 11) is -4.51. The molecule has 3 rings (SSSR count). The van der Waals surface area contributed by atoms with Crippen molar-refractivity contribution in [2.75, 3.05) is 5.75 Å². The fourth-order valence-electron chi connectivity index (χ4n) is 3.63. The smallest absolute Gasteiger partial charge is 0.410 e. The Balaban J connectivity index is 1.61. The minimum Gasteiger partial charge on any atom is -0.445 e. The molecule has 2 fully saturated rings. The monoisotopic (exact) mass is 327 g/mol. The van der Waals surface area contributed by atoms with Crippen LogP contribution in [-0.4, -0.2) is 37.2 Å². The molecular formula is C15H18FNO4S. The van der Waals surface area contributed by atoms with Gasteiger partial charge in [0.05, 0.1) is 5.75 Å². The number of nitrogens with zero attached hydrogens (tertiary/aromatic N) is 1. The highest BCUT2D eigenvalue weighted by Gasteiger charge is 2.50. The molecule has 3 unspecified atom stereocenters. The maximum absolute atomic E-state index is 12.9. The number of hydrogen-bond donors (Lipinski definition) is 0. The van der Waals surface area contributed by atoms with Gasteiger partial charge in [-0.05, 0) is 30.7 Å². The summed E-state index contributed by atoms with van der Waals surface area (Å²) in [6.07, 6.45) is 1.64. The van der Waals surface area contributed by atoms with Crippen molar-refractivity contribution in [3.8, 4) is 0 Å². The molecule has 1 amide bonds. The predicted molar refractivity (Wildman–Crippen MR) is 78.3 cm³/mol. The van der Waals surface area contributed by atoms with Gasteiger partial charge in [0.25, 0.3) is 0 Å². The van der Waals surface area contributed by atoms with Crippen molar-refractivity contribution < 1.29 is 21.8 Å². The Labute approximate surface area is 129 Å². The zero-order chi connectivity index (χ0) is 15.7. The third-order valence-corrected chi connectivity index (χ3v) is 5.32. The second-order valence-electron chi connectivity index (χ2n) is 5.95.